The molecule has 0 N–H and O–H groups in total. The normalized spacial score (nSPS) is 10.8. The van der Waals surface area contributed by atoms with Crippen LogP contribution < -0.4 is 4.74 Å². The van der Waals surface area contributed by atoms with E-state index < -0.39 is 0 Å². The number of hydrogen-bond donors (Lipinski definition) is 1. The number of hydrogen-bond acceptors (Lipinski definition) is 4. The molecule has 3 rings (SSSR count). The summed E-state index contributed by atoms with van der Waals surface area (Å²) in [6, 6.07) is 13.3. The van der Waals surface area contributed by atoms with E-state index in [0.29, 0.717) is 5.75 Å². The highest BCUT2D eigenvalue weighted by Gasteiger charge is 2.09. The maximum Gasteiger partial charge on any atom is 0.146 e. The van der Waals surface area contributed by atoms with Crippen LogP contribution in [0.15, 0.2) is 47.4 Å². The van der Waals surface area contributed by atoms with Crippen LogP contribution in [0.5, 0.6) is 5.75 Å². The number of nitrogens with zero attached hydrogens (tertiary/aromatic N) is 3. The Bertz CT molecular complexity index is 675. The van der Waals surface area contributed by atoms with Crippen molar-refractivity contribution in [2.45, 2.75) is 4.90 Å². The molecule has 0 radical (unpaired) electrons. The van der Waals surface area contributed by atoms with Gasteiger partial charge in [-0.25, -0.2) is 0 Å². The monoisotopic (exact) mass is 257 g/mol. The summed E-state index contributed by atoms with van der Waals surface area (Å²) < 4.78 is 5.32. The largest absolute Gasteiger partial charge is 0.494 e. The first-order chi connectivity index (χ1) is 8.78. The molecule has 0 aliphatic carbocycles. The molecule has 0 bridgehead atoms. The van der Waals surface area contributed by atoms with Crippen LogP contribution in [0.3, 0.4) is 0 Å². The lowest BCUT2D eigenvalue weighted by molar-refractivity contribution is 0.410. The van der Waals surface area contributed by atoms with Crippen LogP contribution in [0.2, 0.25) is 0 Å². The van der Waals surface area contributed by atoms with Gasteiger partial charge in [0.05, 0.1) is 7.11 Å². The molecule has 1 aromatic heterocycles. The van der Waals surface area contributed by atoms with Gasteiger partial charge in [-0.3, -0.25) is 0 Å². The maximum atomic E-state index is 5.32. The number of methoxy groups -OCH3 is 1. The van der Waals surface area contributed by atoms with E-state index in [-0.39, 0.29) is 0 Å². The van der Waals surface area contributed by atoms with Gasteiger partial charge in [-0.2, -0.15) is 0 Å². The van der Waals surface area contributed by atoms with Gasteiger partial charge >= 0.3 is 0 Å². The van der Waals surface area contributed by atoms with E-state index >= 15 is 0 Å². The summed E-state index contributed by atoms with van der Waals surface area (Å²) in [6.07, 6.45) is 0. The van der Waals surface area contributed by atoms with E-state index in [9.17, 15) is 0 Å². The van der Waals surface area contributed by atoms with Crippen LogP contribution in [0.4, 0.5) is 0 Å². The molecule has 3 aromatic rings. The smallest absolute Gasteiger partial charge is 0.146 e. The molecule has 0 spiro atoms. The molecule has 4 nitrogen and oxygen atoms in total. The molecule has 2 aromatic carbocycles. The van der Waals surface area contributed by atoms with Gasteiger partial charge in [0.25, 0.3) is 0 Å². The van der Waals surface area contributed by atoms with Crippen LogP contribution in [0.25, 0.3) is 16.7 Å². The van der Waals surface area contributed by atoms with Crippen molar-refractivity contribution in [2.75, 3.05) is 7.11 Å². The summed E-state index contributed by atoms with van der Waals surface area (Å²) in [5, 5.41) is 8.85. The van der Waals surface area contributed by atoms with Gasteiger partial charge in [-0.1, -0.05) is 12.1 Å². The third kappa shape index (κ3) is 1.82. The van der Waals surface area contributed by atoms with E-state index in [0.717, 1.165) is 21.6 Å². The molecule has 0 aliphatic rings. The highest BCUT2D eigenvalue weighted by atomic mass is 32.1. The number of benzene rings is 2. The Morgan fingerprint density at radius 2 is 1.72 bits per heavy atom. The highest BCUT2D eigenvalue weighted by Crippen LogP contribution is 2.25. The number of fused-ring (bicyclic) bond motifs is 1. The van der Waals surface area contributed by atoms with Gasteiger partial charge in [-0.15, -0.1) is 27.6 Å². The van der Waals surface area contributed by atoms with E-state index in [4.69, 9.17) is 4.74 Å². The third-order valence-electron chi connectivity index (χ3n) is 2.66. The molecule has 18 heavy (non-hydrogen) atoms. The fourth-order valence-corrected chi connectivity index (χ4v) is 2.00. The molecule has 90 valence electrons. The van der Waals surface area contributed by atoms with E-state index in [1.54, 1.807) is 11.9 Å². The maximum absolute atomic E-state index is 5.32. The molecule has 1 heterocycles. The van der Waals surface area contributed by atoms with Crippen LogP contribution in [0.1, 0.15) is 0 Å². The van der Waals surface area contributed by atoms with Crippen molar-refractivity contribution in [2.24, 2.45) is 0 Å². The molecule has 0 aliphatic heterocycles. The quantitative estimate of drug-likeness (QED) is 0.718. The van der Waals surface area contributed by atoms with Gasteiger partial charge in [0.1, 0.15) is 22.5 Å². The summed E-state index contributed by atoms with van der Waals surface area (Å²) in [5.74, 6) is 0.716. The number of rotatable bonds is 2. The van der Waals surface area contributed by atoms with Crippen molar-refractivity contribution in [1.82, 2.24) is 15.0 Å². The number of thiol groups is 1. The molecule has 0 unspecified atom stereocenters. The van der Waals surface area contributed by atoms with E-state index in [1.165, 1.54) is 0 Å². The lowest BCUT2D eigenvalue weighted by Gasteiger charge is -2.07. The Kier molecular flexibility index (Phi) is 2.68. The predicted octanol–water partition coefficient (Wildman–Crippen LogP) is 2.72. The summed E-state index contributed by atoms with van der Waals surface area (Å²) in [4.78, 5) is 2.41. The standard InChI is InChI=1S/C13H11N3OS/c1-17-13-7-6-9(18)8-12(13)16-14-10-4-2-3-5-11(10)15-16/h2-8,18H,1H3. The van der Waals surface area contributed by atoms with Crippen molar-refractivity contribution in [3.63, 3.8) is 0 Å². The van der Waals surface area contributed by atoms with E-state index in [2.05, 4.69) is 22.8 Å². The van der Waals surface area contributed by atoms with Gasteiger partial charge in [-0.05, 0) is 30.3 Å². The fourth-order valence-electron chi connectivity index (χ4n) is 1.80. The van der Waals surface area contributed by atoms with Crippen molar-refractivity contribution < 1.29 is 4.74 Å². The average Bonchev–Trinajstić information content (AvgIpc) is 2.82. The minimum atomic E-state index is 0.716. The SMILES string of the molecule is COc1ccc(S)cc1-n1nc2ccccc2n1. The van der Waals surface area contributed by atoms with Crippen LogP contribution in [-0.4, -0.2) is 22.1 Å². The third-order valence-corrected chi connectivity index (χ3v) is 2.94. The summed E-state index contributed by atoms with van der Waals surface area (Å²) in [6.45, 7) is 0. The van der Waals surface area contributed by atoms with Gasteiger partial charge < -0.3 is 4.74 Å². The van der Waals surface area contributed by atoms with Gasteiger partial charge in [0, 0.05) is 4.90 Å². The van der Waals surface area contributed by atoms with Crippen molar-refractivity contribution in [1.29, 1.82) is 0 Å². The van der Waals surface area contributed by atoms with Crippen molar-refractivity contribution >= 4 is 23.7 Å². The summed E-state index contributed by atoms with van der Waals surface area (Å²) in [5.41, 5.74) is 2.48. The molecule has 5 heteroatoms. The zero-order valence-electron chi connectivity index (χ0n) is 9.74. The first-order valence-electron chi connectivity index (χ1n) is 5.47. The minimum Gasteiger partial charge on any atom is -0.494 e. The first kappa shape index (κ1) is 11.1. The van der Waals surface area contributed by atoms with Crippen LogP contribution in [0, 0.1) is 0 Å². The Morgan fingerprint density at radius 3 is 2.33 bits per heavy atom. The van der Waals surface area contributed by atoms with Gasteiger partial charge in [0.15, 0.2) is 0 Å². The molecule has 0 fully saturated rings. The molecule has 0 atom stereocenters. The molecular formula is C13H11N3OS. The lowest BCUT2D eigenvalue weighted by atomic mass is 10.3. The highest BCUT2D eigenvalue weighted by molar-refractivity contribution is 7.80. The minimum absolute atomic E-state index is 0.716. The zero-order chi connectivity index (χ0) is 12.5. The lowest BCUT2D eigenvalue weighted by Crippen LogP contribution is -2.01. The first-order valence-corrected chi connectivity index (χ1v) is 5.92. The van der Waals surface area contributed by atoms with Crippen molar-refractivity contribution in [3.05, 3.63) is 42.5 Å². The second-order valence-corrected chi connectivity index (χ2v) is 4.35. The van der Waals surface area contributed by atoms with Gasteiger partial charge in [0.2, 0.25) is 0 Å². The summed E-state index contributed by atoms with van der Waals surface area (Å²) >= 11 is 4.33. The average molecular weight is 257 g/mol. The number of aromatic nitrogens is 3. The Labute approximate surface area is 110 Å². The van der Waals surface area contributed by atoms with Crippen LogP contribution >= 0.6 is 12.6 Å². The Balaban J connectivity index is 2.22. The van der Waals surface area contributed by atoms with E-state index in [1.807, 2.05) is 42.5 Å². The summed E-state index contributed by atoms with van der Waals surface area (Å²) in [7, 11) is 1.63. The second kappa shape index (κ2) is 4.34. The Hall–Kier alpha value is -2.01. The second-order valence-electron chi connectivity index (χ2n) is 3.83. The molecule has 0 amide bonds. The number of ether oxygens (including phenoxy) is 1. The Morgan fingerprint density at radius 1 is 1.06 bits per heavy atom. The molecule has 0 saturated heterocycles. The molecular weight excluding hydrogens is 246 g/mol. The zero-order valence-corrected chi connectivity index (χ0v) is 10.6. The van der Waals surface area contributed by atoms with Crippen LogP contribution in [-0.2, 0) is 0 Å². The fraction of sp³-hybridized carbons (Fsp3) is 0.0769. The topological polar surface area (TPSA) is 39.9 Å². The molecule has 0 saturated carbocycles. The van der Waals surface area contributed by atoms with Crippen molar-refractivity contribution in [3.8, 4) is 11.4 Å². The predicted molar refractivity (Wildman–Crippen MR) is 72.7 cm³/mol.